The predicted molar refractivity (Wildman–Crippen MR) is 140 cm³/mol. The number of carbonyl (C=O) groups excluding carboxylic acids is 2. The van der Waals surface area contributed by atoms with Crippen LogP contribution in [0.1, 0.15) is 28.8 Å². The maximum atomic E-state index is 12.9. The van der Waals surface area contributed by atoms with E-state index in [1.807, 2.05) is 0 Å². The van der Waals surface area contributed by atoms with E-state index in [0.717, 1.165) is 0 Å². The number of aliphatic carboxylic acids is 1. The molecule has 1 atom stereocenters. The van der Waals surface area contributed by atoms with E-state index in [-0.39, 0.29) is 42.0 Å². The molecule has 1 aliphatic heterocycles. The van der Waals surface area contributed by atoms with Crippen LogP contribution in [-0.4, -0.2) is 69.2 Å². The average Bonchev–Trinajstić information content (AvgIpc) is 3.22. The second-order valence-electron chi connectivity index (χ2n) is 8.22. The first-order valence-corrected chi connectivity index (χ1v) is 11.8. The lowest BCUT2D eigenvalue weighted by Crippen LogP contribution is -2.43. The fraction of sp³-hybridized carbons (Fsp3) is 0.308. The van der Waals surface area contributed by atoms with Crippen LogP contribution < -0.4 is 40.5 Å². The second-order valence-corrected chi connectivity index (χ2v) is 8.22. The number of nitrogens with two attached hydrogens (primary N) is 2. The van der Waals surface area contributed by atoms with E-state index < -0.39 is 24.5 Å². The molecule has 2 aromatic rings. The number of aliphatic imine (C=N–C) groups is 1. The molecular weight excluding hydrogens is 512 g/mol. The van der Waals surface area contributed by atoms with Crippen molar-refractivity contribution in [2.45, 2.75) is 18.9 Å². The number of carboxylic acid groups (broad SMARTS) is 1. The third-order valence-electron chi connectivity index (χ3n) is 5.61. The summed E-state index contributed by atoms with van der Waals surface area (Å²) in [6.07, 6.45) is 2.01. The van der Waals surface area contributed by atoms with Gasteiger partial charge in [-0.3, -0.25) is 14.6 Å². The summed E-state index contributed by atoms with van der Waals surface area (Å²) in [5.41, 5.74) is 11.3. The van der Waals surface area contributed by atoms with Crippen molar-refractivity contribution >= 4 is 29.7 Å². The maximum absolute atomic E-state index is 12.9. The average molecular weight is 543 g/mol. The van der Waals surface area contributed by atoms with Gasteiger partial charge in [0.2, 0.25) is 11.5 Å². The Morgan fingerprint density at radius 3 is 2.49 bits per heavy atom. The van der Waals surface area contributed by atoms with Crippen LogP contribution in [0, 0.1) is 0 Å². The van der Waals surface area contributed by atoms with Crippen molar-refractivity contribution in [2.24, 2.45) is 16.5 Å². The Bertz CT molecular complexity index is 1300. The number of ketones is 1. The van der Waals surface area contributed by atoms with Crippen LogP contribution in [0.4, 0.5) is 0 Å². The highest BCUT2D eigenvalue weighted by Crippen LogP contribution is 2.42. The fourth-order valence-corrected chi connectivity index (χ4v) is 3.78. The van der Waals surface area contributed by atoms with Crippen molar-refractivity contribution in [1.29, 1.82) is 0 Å². The van der Waals surface area contributed by atoms with Gasteiger partial charge >= 0.3 is 5.97 Å². The molecule has 0 saturated carbocycles. The predicted octanol–water partition coefficient (Wildman–Crippen LogP) is 1.33. The van der Waals surface area contributed by atoms with E-state index >= 15 is 0 Å². The van der Waals surface area contributed by atoms with E-state index in [1.54, 1.807) is 12.1 Å². The fourth-order valence-electron chi connectivity index (χ4n) is 3.78. The molecule has 2 aromatic carbocycles. The van der Waals surface area contributed by atoms with Gasteiger partial charge in [0.05, 0.1) is 26.9 Å². The number of nitrogens with one attached hydrogen (secondary N) is 1. The first-order chi connectivity index (χ1) is 18.7. The lowest BCUT2D eigenvalue weighted by Gasteiger charge is -2.14. The van der Waals surface area contributed by atoms with Gasteiger partial charge in [0, 0.05) is 18.2 Å². The molecule has 1 heterocycles. The van der Waals surface area contributed by atoms with Gasteiger partial charge in [0.25, 0.3) is 5.91 Å². The molecule has 0 spiro atoms. The Morgan fingerprint density at radius 1 is 1.10 bits per heavy atom. The van der Waals surface area contributed by atoms with Crippen LogP contribution >= 0.6 is 0 Å². The standard InChI is InChI=1S/C26H30N4O9/c1-35-18-9-6-14(23(36-2)24(18)37-3)11-20-22(32)16-8-7-15(12-19(16)39-20)38-13-21(31)30-17(25(33)34)5-4-10-29-26(27)28/h6-9,11-12,17H,4-5,10,13H2,1-3H3,(H,30,31)(H,33,34)(H4,27,28,29). The van der Waals surface area contributed by atoms with Crippen molar-refractivity contribution in [3.05, 3.63) is 47.2 Å². The zero-order chi connectivity index (χ0) is 28.5. The van der Waals surface area contributed by atoms with Crippen LogP contribution in [0.2, 0.25) is 0 Å². The normalized spacial score (nSPS) is 13.6. The van der Waals surface area contributed by atoms with E-state index in [4.69, 9.17) is 35.2 Å². The summed E-state index contributed by atoms with van der Waals surface area (Å²) in [4.78, 5) is 40.4. The van der Waals surface area contributed by atoms with Crippen molar-refractivity contribution in [3.8, 4) is 28.7 Å². The van der Waals surface area contributed by atoms with Gasteiger partial charge in [-0.15, -0.1) is 0 Å². The lowest BCUT2D eigenvalue weighted by molar-refractivity contribution is -0.142. The van der Waals surface area contributed by atoms with Crippen molar-refractivity contribution in [3.63, 3.8) is 0 Å². The summed E-state index contributed by atoms with van der Waals surface area (Å²) < 4.78 is 27.4. The lowest BCUT2D eigenvalue weighted by atomic mass is 10.1. The van der Waals surface area contributed by atoms with Gasteiger partial charge in [0.1, 0.15) is 17.5 Å². The number of Topliss-reactive ketones (excluding diaryl/α,β-unsaturated/α-hetero) is 1. The number of hydrogen-bond donors (Lipinski definition) is 4. The quantitative estimate of drug-likeness (QED) is 0.123. The van der Waals surface area contributed by atoms with Gasteiger partial charge in [-0.25, -0.2) is 4.79 Å². The third-order valence-corrected chi connectivity index (χ3v) is 5.61. The first kappa shape index (κ1) is 28.6. The van der Waals surface area contributed by atoms with Crippen LogP contribution in [0.25, 0.3) is 6.08 Å². The van der Waals surface area contributed by atoms with Gasteiger partial charge in [0.15, 0.2) is 29.8 Å². The molecule has 3 rings (SSSR count). The number of carbonyl (C=O) groups is 3. The number of fused-ring (bicyclic) bond motifs is 1. The van der Waals surface area contributed by atoms with Crippen molar-refractivity contribution < 1.29 is 43.2 Å². The molecule has 13 heteroatoms. The SMILES string of the molecule is COc1ccc(C=C2Oc3cc(OCC(=O)NC(CCCN=C(N)N)C(=O)O)ccc3C2=O)c(OC)c1OC. The Morgan fingerprint density at radius 2 is 1.85 bits per heavy atom. The summed E-state index contributed by atoms with van der Waals surface area (Å²) in [6, 6.07) is 6.74. The molecule has 0 saturated heterocycles. The summed E-state index contributed by atoms with van der Waals surface area (Å²) in [5.74, 6) is -0.536. The summed E-state index contributed by atoms with van der Waals surface area (Å²) in [7, 11) is 4.44. The molecule has 6 N–H and O–H groups in total. The Kier molecular flexibility index (Phi) is 9.57. The summed E-state index contributed by atoms with van der Waals surface area (Å²) in [6.45, 7) is -0.211. The van der Waals surface area contributed by atoms with E-state index in [9.17, 15) is 19.5 Å². The summed E-state index contributed by atoms with van der Waals surface area (Å²) in [5, 5.41) is 11.7. The molecule has 0 fully saturated rings. The molecule has 1 aliphatic rings. The number of benzene rings is 2. The van der Waals surface area contributed by atoms with E-state index in [1.165, 1.54) is 45.6 Å². The topological polar surface area (TPSA) is 194 Å². The zero-order valence-corrected chi connectivity index (χ0v) is 21.7. The zero-order valence-electron chi connectivity index (χ0n) is 21.7. The first-order valence-electron chi connectivity index (χ1n) is 11.8. The van der Waals surface area contributed by atoms with Crippen LogP contribution in [0.3, 0.4) is 0 Å². The smallest absolute Gasteiger partial charge is 0.326 e. The Balaban J connectivity index is 1.66. The number of hydrogen-bond acceptors (Lipinski definition) is 9. The van der Waals surface area contributed by atoms with Crippen LogP contribution in [-0.2, 0) is 9.59 Å². The van der Waals surface area contributed by atoms with Gasteiger partial charge in [-0.1, -0.05) is 0 Å². The number of rotatable bonds is 13. The van der Waals surface area contributed by atoms with Crippen molar-refractivity contribution in [1.82, 2.24) is 5.32 Å². The molecule has 0 bridgehead atoms. The Labute approximate surface area is 224 Å². The minimum Gasteiger partial charge on any atom is -0.493 e. The van der Waals surface area contributed by atoms with Crippen LogP contribution in [0.5, 0.6) is 28.7 Å². The molecule has 208 valence electrons. The highest BCUT2D eigenvalue weighted by molar-refractivity contribution is 6.14. The van der Waals surface area contributed by atoms with Gasteiger partial charge in [-0.05, 0) is 43.2 Å². The highest BCUT2D eigenvalue weighted by Gasteiger charge is 2.29. The monoisotopic (exact) mass is 542 g/mol. The number of amides is 1. The molecular formula is C26H30N4O9. The molecule has 1 unspecified atom stereocenters. The number of methoxy groups -OCH3 is 3. The van der Waals surface area contributed by atoms with Crippen LogP contribution in [0.15, 0.2) is 41.1 Å². The van der Waals surface area contributed by atoms with Gasteiger partial charge < -0.3 is 45.6 Å². The number of allylic oxidation sites excluding steroid dienone is 1. The molecule has 39 heavy (non-hydrogen) atoms. The summed E-state index contributed by atoms with van der Waals surface area (Å²) >= 11 is 0. The second kappa shape index (κ2) is 13.0. The largest absolute Gasteiger partial charge is 0.493 e. The molecule has 13 nitrogen and oxygen atoms in total. The third kappa shape index (κ3) is 7.09. The molecule has 0 aromatic heterocycles. The minimum absolute atomic E-state index is 0.0513. The minimum atomic E-state index is -1.19. The van der Waals surface area contributed by atoms with Gasteiger partial charge in [-0.2, -0.15) is 0 Å². The number of ether oxygens (including phenoxy) is 5. The maximum Gasteiger partial charge on any atom is 0.326 e. The number of carboxylic acids is 1. The highest BCUT2D eigenvalue weighted by atomic mass is 16.5. The molecule has 1 amide bonds. The number of nitrogens with zero attached hydrogens (tertiary/aromatic N) is 1. The van der Waals surface area contributed by atoms with Crippen molar-refractivity contribution in [2.75, 3.05) is 34.5 Å². The van der Waals surface area contributed by atoms with E-state index in [2.05, 4.69) is 10.3 Å². The molecule has 0 aliphatic carbocycles. The van der Waals surface area contributed by atoms with E-state index in [0.29, 0.717) is 34.8 Å². The molecule has 0 radical (unpaired) electrons. The Hall–Kier alpha value is -4.94. The number of guanidine groups is 1.